The van der Waals surface area contributed by atoms with E-state index in [1.165, 1.54) is 6.07 Å². The molecule has 142 valence electrons. The number of carbonyl (C=O) groups excluding carboxylic acids is 1. The van der Waals surface area contributed by atoms with Gasteiger partial charge in [-0.2, -0.15) is 0 Å². The van der Waals surface area contributed by atoms with Gasteiger partial charge in [0.1, 0.15) is 17.1 Å². The van der Waals surface area contributed by atoms with E-state index in [4.69, 9.17) is 4.74 Å². The first kappa shape index (κ1) is 17.9. The Morgan fingerprint density at radius 1 is 1.33 bits per heavy atom. The number of pyridine rings is 1. The molecule has 6 heteroatoms. The normalized spacial score (nSPS) is 24.8. The van der Waals surface area contributed by atoms with Gasteiger partial charge in [-0.15, -0.1) is 0 Å². The van der Waals surface area contributed by atoms with Gasteiger partial charge >= 0.3 is 0 Å². The van der Waals surface area contributed by atoms with E-state index in [2.05, 4.69) is 10.3 Å². The van der Waals surface area contributed by atoms with Crippen molar-refractivity contribution in [2.75, 3.05) is 20.2 Å². The van der Waals surface area contributed by atoms with E-state index in [0.717, 1.165) is 37.1 Å². The summed E-state index contributed by atoms with van der Waals surface area (Å²) in [5.41, 5.74) is 1.63. The summed E-state index contributed by atoms with van der Waals surface area (Å²) in [5.74, 6) is 0.514. The summed E-state index contributed by atoms with van der Waals surface area (Å²) in [6.07, 6.45) is 4.18. The van der Waals surface area contributed by atoms with Crippen LogP contribution in [-0.2, 0) is 4.79 Å². The lowest BCUT2D eigenvalue weighted by atomic mass is 9.96. The van der Waals surface area contributed by atoms with Crippen LogP contribution in [0.25, 0.3) is 11.1 Å². The van der Waals surface area contributed by atoms with Crippen molar-refractivity contribution in [3.05, 3.63) is 48.0 Å². The Bertz CT molecular complexity index is 872. The summed E-state index contributed by atoms with van der Waals surface area (Å²) in [6, 6.07) is 8.49. The van der Waals surface area contributed by atoms with Crippen molar-refractivity contribution in [3.63, 3.8) is 0 Å². The van der Waals surface area contributed by atoms with Crippen molar-refractivity contribution in [2.45, 2.75) is 37.8 Å². The molecule has 1 spiro atoms. The molecular weight excluding hydrogens is 345 g/mol. The van der Waals surface area contributed by atoms with Crippen molar-refractivity contribution in [1.82, 2.24) is 15.2 Å². The number of nitrogens with zero attached hydrogens (tertiary/aromatic N) is 2. The second-order valence-electron chi connectivity index (χ2n) is 7.34. The zero-order chi connectivity index (χ0) is 19.0. The van der Waals surface area contributed by atoms with Gasteiger partial charge in [0.05, 0.1) is 18.3 Å². The number of aromatic nitrogens is 1. The predicted molar refractivity (Wildman–Crippen MR) is 101 cm³/mol. The van der Waals surface area contributed by atoms with Gasteiger partial charge in [-0.1, -0.05) is 0 Å². The molecule has 0 aliphatic carbocycles. The number of hydrogen-bond donors (Lipinski definition) is 1. The highest BCUT2D eigenvalue weighted by molar-refractivity contribution is 5.88. The van der Waals surface area contributed by atoms with Gasteiger partial charge < -0.3 is 9.64 Å². The average molecular weight is 369 g/mol. The highest BCUT2D eigenvalue weighted by atomic mass is 19.1. The Balaban J connectivity index is 1.61. The van der Waals surface area contributed by atoms with Crippen LogP contribution >= 0.6 is 0 Å². The number of rotatable bonds is 4. The lowest BCUT2D eigenvalue weighted by Crippen LogP contribution is -2.47. The minimum absolute atomic E-state index is 0.00136. The van der Waals surface area contributed by atoms with Gasteiger partial charge in [0.15, 0.2) is 0 Å². The van der Waals surface area contributed by atoms with Crippen molar-refractivity contribution >= 4 is 5.91 Å². The van der Waals surface area contributed by atoms with Crippen molar-refractivity contribution in [1.29, 1.82) is 0 Å². The molecule has 5 nitrogen and oxygen atoms in total. The Labute approximate surface area is 158 Å². The maximum Gasteiger partial charge on any atom is 0.242 e. The Hall–Kier alpha value is -2.47. The van der Waals surface area contributed by atoms with Crippen LogP contribution in [-0.4, -0.2) is 41.5 Å². The fourth-order valence-corrected chi connectivity index (χ4v) is 4.18. The molecule has 2 saturated heterocycles. The van der Waals surface area contributed by atoms with Crippen molar-refractivity contribution in [3.8, 4) is 16.9 Å². The molecule has 0 unspecified atom stereocenters. The van der Waals surface area contributed by atoms with Gasteiger partial charge in [-0.3, -0.25) is 15.1 Å². The van der Waals surface area contributed by atoms with Crippen LogP contribution in [0.5, 0.6) is 5.75 Å². The van der Waals surface area contributed by atoms with Gasteiger partial charge in [0.25, 0.3) is 0 Å². The first-order valence-electron chi connectivity index (χ1n) is 9.44. The Morgan fingerprint density at radius 3 is 2.93 bits per heavy atom. The molecule has 3 heterocycles. The highest BCUT2D eigenvalue weighted by Gasteiger charge is 2.50. The van der Waals surface area contributed by atoms with E-state index >= 15 is 0 Å². The molecule has 0 saturated carbocycles. The average Bonchev–Trinajstić information content (AvgIpc) is 3.24. The summed E-state index contributed by atoms with van der Waals surface area (Å²) in [7, 11) is 1.85. The first-order valence-corrected chi connectivity index (χ1v) is 9.44. The van der Waals surface area contributed by atoms with Gasteiger partial charge in [0.2, 0.25) is 5.91 Å². The molecule has 0 radical (unpaired) electrons. The fourth-order valence-electron chi connectivity index (χ4n) is 4.18. The van der Waals surface area contributed by atoms with Crippen LogP contribution in [0, 0.1) is 5.82 Å². The van der Waals surface area contributed by atoms with Crippen molar-refractivity contribution < 1.29 is 13.9 Å². The zero-order valence-electron chi connectivity index (χ0n) is 15.7. The molecule has 2 atom stereocenters. The molecule has 27 heavy (non-hydrogen) atoms. The largest absolute Gasteiger partial charge is 0.494 e. The molecule has 2 aliphatic heterocycles. The molecule has 1 aromatic carbocycles. The number of likely N-dealkylation sites (N-methyl/N-ethyl adjacent to an activating group) is 1. The Kier molecular flexibility index (Phi) is 4.60. The van der Waals surface area contributed by atoms with Gasteiger partial charge in [-0.05, 0) is 62.1 Å². The number of ether oxygens (including phenoxy) is 1. The number of hydrogen-bond acceptors (Lipinski definition) is 4. The topological polar surface area (TPSA) is 54.5 Å². The van der Waals surface area contributed by atoms with Crippen LogP contribution < -0.4 is 10.1 Å². The van der Waals surface area contributed by atoms with Gasteiger partial charge in [0, 0.05) is 25.4 Å². The third-order valence-corrected chi connectivity index (χ3v) is 5.64. The quantitative estimate of drug-likeness (QED) is 0.898. The van der Waals surface area contributed by atoms with Crippen molar-refractivity contribution in [2.24, 2.45) is 0 Å². The number of likely N-dealkylation sites (tertiary alicyclic amines) is 1. The number of carbonyl (C=O) groups is 1. The van der Waals surface area contributed by atoms with E-state index in [1.54, 1.807) is 29.3 Å². The molecule has 2 fully saturated rings. The van der Waals surface area contributed by atoms with Gasteiger partial charge in [-0.25, -0.2) is 4.39 Å². The maximum atomic E-state index is 14.4. The number of amides is 1. The number of benzene rings is 1. The molecule has 2 aliphatic rings. The standard InChI is InChI=1S/C21H24FN3O2/c1-3-27-15-4-5-17(22)16(13-15)14-7-10-23-19(12-14)18-6-8-21(24-18)9-11-25(2)20(21)26/h4-5,7,10,12-13,18,24H,3,6,8-9,11H2,1-2H3/t18-,21+/m1/s1. The number of halogens is 1. The molecule has 1 amide bonds. The van der Waals surface area contributed by atoms with E-state index in [9.17, 15) is 9.18 Å². The molecule has 1 N–H and O–H groups in total. The Morgan fingerprint density at radius 2 is 2.19 bits per heavy atom. The monoisotopic (exact) mass is 369 g/mol. The molecular formula is C21H24FN3O2. The fraction of sp³-hybridized carbons (Fsp3) is 0.429. The van der Waals surface area contributed by atoms with E-state index < -0.39 is 5.54 Å². The smallest absolute Gasteiger partial charge is 0.242 e. The summed E-state index contributed by atoms with van der Waals surface area (Å²) in [5, 5.41) is 3.52. The first-order chi connectivity index (χ1) is 13.0. The lowest BCUT2D eigenvalue weighted by molar-refractivity contribution is -0.131. The van der Waals surface area contributed by atoms with E-state index in [1.807, 2.05) is 20.0 Å². The van der Waals surface area contributed by atoms with E-state index in [-0.39, 0.29) is 17.8 Å². The minimum atomic E-state index is -0.461. The minimum Gasteiger partial charge on any atom is -0.494 e. The second kappa shape index (κ2) is 6.93. The lowest BCUT2D eigenvalue weighted by Gasteiger charge is -2.23. The van der Waals surface area contributed by atoms with Crippen LogP contribution in [0.1, 0.15) is 37.9 Å². The molecule has 4 rings (SSSR count). The third kappa shape index (κ3) is 3.18. The SMILES string of the molecule is CCOc1ccc(F)c(-c2ccnc([C@H]3CC[C@@]4(CCN(C)C4=O)N3)c2)c1. The van der Waals surface area contributed by atoms with Crippen LogP contribution in [0.4, 0.5) is 4.39 Å². The molecule has 2 aromatic rings. The predicted octanol–water partition coefficient (Wildman–Crippen LogP) is 3.31. The van der Waals surface area contributed by atoms with Crippen LogP contribution in [0.3, 0.4) is 0 Å². The summed E-state index contributed by atoms with van der Waals surface area (Å²) in [6.45, 7) is 3.21. The van der Waals surface area contributed by atoms with Crippen LogP contribution in [0.15, 0.2) is 36.5 Å². The second-order valence-corrected chi connectivity index (χ2v) is 7.34. The van der Waals surface area contributed by atoms with Crippen LogP contribution in [0.2, 0.25) is 0 Å². The summed E-state index contributed by atoms with van der Waals surface area (Å²) in [4.78, 5) is 18.8. The maximum absolute atomic E-state index is 14.4. The third-order valence-electron chi connectivity index (χ3n) is 5.64. The zero-order valence-corrected chi connectivity index (χ0v) is 15.7. The highest BCUT2D eigenvalue weighted by Crippen LogP contribution is 2.39. The van der Waals surface area contributed by atoms with E-state index in [0.29, 0.717) is 17.9 Å². The molecule has 1 aromatic heterocycles. The molecule has 0 bridgehead atoms. The number of nitrogens with one attached hydrogen (secondary N) is 1. The summed E-state index contributed by atoms with van der Waals surface area (Å²) < 4.78 is 19.9. The summed E-state index contributed by atoms with van der Waals surface area (Å²) >= 11 is 0.